The molecule has 0 aromatic heterocycles. The fourth-order valence-corrected chi connectivity index (χ4v) is 1.65. The van der Waals surface area contributed by atoms with E-state index in [2.05, 4.69) is 22.9 Å². The van der Waals surface area contributed by atoms with Crippen molar-refractivity contribution in [1.82, 2.24) is 0 Å². The SMILES string of the molecule is CCCCCCCCCC=C(Br)C(=O)O. The molecule has 15 heavy (non-hydrogen) atoms. The first-order valence-electron chi connectivity index (χ1n) is 5.77. The number of hydrogen-bond acceptors (Lipinski definition) is 1. The molecule has 0 heterocycles. The molecule has 2 nitrogen and oxygen atoms in total. The maximum absolute atomic E-state index is 10.4. The minimum Gasteiger partial charge on any atom is -0.477 e. The Morgan fingerprint density at radius 3 is 2.20 bits per heavy atom. The lowest BCUT2D eigenvalue weighted by Crippen LogP contribution is -1.92. The Bertz CT molecular complexity index is 200. The predicted molar refractivity (Wildman–Crippen MR) is 67.3 cm³/mol. The third-order valence-corrected chi connectivity index (χ3v) is 3.00. The fraction of sp³-hybridized carbons (Fsp3) is 0.750. The van der Waals surface area contributed by atoms with Crippen molar-refractivity contribution >= 4 is 21.9 Å². The zero-order valence-corrected chi connectivity index (χ0v) is 11.1. The third-order valence-electron chi connectivity index (χ3n) is 2.34. The van der Waals surface area contributed by atoms with Crippen molar-refractivity contribution in [2.24, 2.45) is 0 Å². The molecule has 3 heteroatoms. The number of rotatable bonds is 9. The largest absolute Gasteiger partial charge is 0.477 e. The molecule has 0 aliphatic rings. The van der Waals surface area contributed by atoms with Crippen LogP contribution in [0.5, 0.6) is 0 Å². The van der Waals surface area contributed by atoms with Gasteiger partial charge in [-0.25, -0.2) is 4.79 Å². The van der Waals surface area contributed by atoms with Gasteiger partial charge in [0, 0.05) is 0 Å². The molecule has 1 N–H and O–H groups in total. The summed E-state index contributed by atoms with van der Waals surface area (Å²) in [7, 11) is 0. The summed E-state index contributed by atoms with van der Waals surface area (Å²) in [5.74, 6) is -0.877. The molecule has 0 radical (unpaired) electrons. The van der Waals surface area contributed by atoms with E-state index < -0.39 is 5.97 Å². The predicted octanol–water partition coefficient (Wildman–Crippen LogP) is 4.49. The second-order valence-corrected chi connectivity index (χ2v) is 4.62. The molecule has 0 amide bonds. The minimum atomic E-state index is -0.877. The molecule has 0 unspecified atom stereocenters. The van der Waals surface area contributed by atoms with Crippen LogP contribution in [0.4, 0.5) is 0 Å². The highest BCUT2D eigenvalue weighted by molar-refractivity contribution is 9.12. The second-order valence-electron chi connectivity index (χ2n) is 3.77. The maximum atomic E-state index is 10.4. The molecule has 0 aliphatic carbocycles. The molecular weight excluding hydrogens is 256 g/mol. The van der Waals surface area contributed by atoms with Gasteiger partial charge in [0.05, 0.1) is 4.48 Å². The van der Waals surface area contributed by atoms with Crippen LogP contribution < -0.4 is 0 Å². The fourth-order valence-electron chi connectivity index (χ4n) is 1.42. The zero-order valence-electron chi connectivity index (χ0n) is 9.47. The van der Waals surface area contributed by atoms with Gasteiger partial charge in [0.2, 0.25) is 0 Å². The van der Waals surface area contributed by atoms with Crippen LogP contribution in [0.15, 0.2) is 10.6 Å². The molecule has 0 saturated heterocycles. The molecule has 0 atom stereocenters. The van der Waals surface area contributed by atoms with E-state index in [9.17, 15) is 4.79 Å². The summed E-state index contributed by atoms with van der Waals surface area (Å²) < 4.78 is 0.286. The van der Waals surface area contributed by atoms with Crippen LogP contribution in [-0.2, 0) is 4.79 Å². The lowest BCUT2D eigenvalue weighted by molar-refractivity contribution is -0.131. The topological polar surface area (TPSA) is 37.3 Å². The standard InChI is InChI=1S/C12H21BrO2/c1-2-3-4-5-6-7-8-9-10-11(13)12(14)15/h10H,2-9H2,1H3,(H,14,15). The Hall–Kier alpha value is -0.310. The molecule has 0 fully saturated rings. The first-order valence-corrected chi connectivity index (χ1v) is 6.56. The van der Waals surface area contributed by atoms with Crippen molar-refractivity contribution in [2.45, 2.75) is 58.3 Å². The van der Waals surface area contributed by atoms with Gasteiger partial charge in [-0.2, -0.15) is 0 Å². The van der Waals surface area contributed by atoms with Gasteiger partial charge in [0.25, 0.3) is 0 Å². The van der Waals surface area contributed by atoms with Crippen LogP contribution in [-0.4, -0.2) is 11.1 Å². The number of carboxylic acids is 1. The Labute approximate surface area is 101 Å². The van der Waals surface area contributed by atoms with Crippen LogP contribution in [0, 0.1) is 0 Å². The summed E-state index contributed by atoms with van der Waals surface area (Å²) in [5, 5.41) is 8.57. The highest BCUT2D eigenvalue weighted by atomic mass is 79.9. The van der Waals surface area contributed by atoms with Crippen LogP contribution in [0.25, 0.3) is 0 Å². The van der Waals surface area contributed by atoms with Crippen molar-refractivity contribution in [1.29, 1.82) is 0 Å². The van der Waals surface area contributed by atoms with E-state index in [-0.39, 0.29) is 4.48 Å². The number of halogens is 1. The molecule has 0 aliphatic heterocycles. The van der Waals surface area contributed by atoms with Crippen molar-refractivity contribution in [3.05, 3.63) is 10.6 Å². The number of hydrogen-bond donors (Lipinski definition) is 1. The number of aliphatic carboxylic acids is 1. The number of allylic oxidation sites excluding steroid dienone is 1. The molecule has 0 aromatic carbocycles. The highest BCUT2D eigenvalue weighted by Gasteiger charge is 1.99. The summed E-state index contributed by atoms with van der Waals surface area (Å²) in [4.78, 5) is 10.4. The van der Waals surface area contributed by atoms with Crippen LogP contribution in [0.1, 0.15) is 58.3 Å². The van der Waals surface area contributed by atoms with Gasteiger partial charge in [-0.05, 0) is 28.8 Å². The number of carbonyl (C=O) groups is 1. The Morgan fingerprint density at radius 2 is 1.67 bits per heavy atom. The Balaban J connectivity index is 3.25. The summed E-state index contributed by atoms with van der Waals surface area (Å²) >= 11 is 3.01. The van der Waals surface area contributed by atoms with Gasteiger partial charge in [-0.1, -0.05) is 51.5 Å². The van der Waals surface area contributed by atoms with Gasteiger partial charge >= 0.3 is 5.97 Å². The lowest BCUT2D eigenvalue weighted by atomic mass is 10.1. The first-order chi connectivity index (χ1) is 7.18. The zero-order chi connectivity index (χ0) is 11.5. The lowest BCUT2D eigenvalue weighted by Gasteiger charge is -1.99. The summed E-state index contributed by atoms with van der Waals surface area (Å²) in [6, 6.07) is 0. The summed E-state index contributed by atoms with van der Waals surface area (Å²) in [6.07, 6.45) is 11.5. The average Bonchev–Trinajstić information content (AvgIpc) is 2.21. The first kappa shape index (κ1) is 14.7. The van der Waals surface area contributed by atoms with E-state index >= 15 is 0 Å². The molecule has 0 saturated carbocycles. The van der Waals surface area contributed by atoms with Crippen LogP contribution >= 0.6 is 15.9 Å². The van der Waals surface area contributed by atoms with Gasteiger partial charge in [-0.3, -0.25) is 0 Å². The second kappa shape index (κ2) is 10.2. The highest BCUT2D eigenvalue weighted by Crippen LogP contribution is 2.11. The van der Waals surface area contributed by atoms with Crippen LogP contribution in [0.3, 0.4) is 0 Å². The molecule has 88 valence electrons. The normalized spacial score (nSPS) is 11.7. The summed E-state index contributed by atoms with van der Waals surface area (Å²) in [6.45, 7) is 2.22. The van der Waals surface area contributed by atoms with E-state index in [0.717, 1.165) is 12.8 Å². The maximum Gasteiger partial charge on any atom is 0.342 e. The monoisotopic (exact) mass is 276 g/mol. The molecule has 0 bridgehead atoms. The molecular formula is C12H21BrO2. The van der Waals surface area contributed by atoms with Crippen molar-refractivity contribution in [2.75, 3.05) is 0 Å². The van der Waals surface area contributed by atoms with E-state index in [0.29, 0.717) is 0 Å². The van der Waals surface area contributed by atoms with E-state index in [1.165, 1.54) is 38.5 Å². The number of carboxylic acid groups (broad SMARTS) is 1. The van der Waals surface area contributed by atoms with Crippen LogP contribution in [0.2, 0.25) is 0 Å². The molecule has 0 aromatic rings. The van der Waals surface area contributed by atoms with Crippen molar-refractivity contribution in [3.8, 4) is 0 Å². The molecule has 0 spiro atoms. The van der Waals surface area contributed by atoms with Gasteiger partial charge < -0.3 is 5.11 Å². The average molecular weight is 277 g/mol. The van der Waals surface area contributed by atoms with Gasteiger partial charge in [-0.15, -0.1) is 0 Å². The summed E-state index contributed by atoms with van der Waals surface area (Å²) in [5.41, 5.74) is 0. The third kappa shape index (κ3) is 9.98. The number of unbranched alkanes of at least 4 members (excludes halogenated alkanes) is 7. The van der Waals surface area contributed by atoms with E-state index in [1.807, 2.05) is 0 Å². The minimum absolute atomic E-state index is 0.286. The Kier molecular flexibility index (Phi) is 10.0. The van der Waals surface area contributed by atoms with Gasteiger partial charge in [0.1, 0.15) is 0 Å². The quantitative estimate of drug-likeness (QED) is 0.498. The van der Waals surface area contributed by atoms with E-state index in [4.69, 9.17) is 5.11 Å². The van der Waals surface area contributed by atoms with E-state index in [1.54, 1.807) is 6.08 Å². The van der Waals surface area contributed by atoms with Crippen molar-refractivity contribution in [3.63, 3.8) is 0 Å². The smallest absolute Gasteiger partial charge is 0.342 e. The molecule has 0 rings (SSSR count). The van der Waals surface area contributed by atoms with Crippen molar-refractivity contribution < 1.29 is 9.90 Å². The van der Waals surface area contributed by atoms with Gasteiger partial charge in [0.15, 0.2) is 0 Å². The Morgan fingerprint density at radius 1 is 1.13 bits per heavy atom.